The lowest BCUT2D eigenvalue weighted by Crippen LogP contribution is -2.45. The maximum atomic E-state index is 13.0. The molecular weight excluding hydrogens is 511 g/mol. The summed E-state index contributed by atoms with van der Waals surface area (Å²) in [6.07, 6.45) is -5.12. The predicted octanol–water partition coefficient (Wildman–Crippen LogP) is 4.91. The molecule has 0 spiro atoms. The monoisotopic (exact) mass is 533 g/mol. The molecule has 0 unspecified atom stereocenters. The molecule has 0 aliphatic carbocycles. The van der Waals surface area contributed by atoms with Crippen molar-refractivity contribution in [1.29, 1.82) is 5.41 Å². The Bertz CT molecular complexity index is 1340. The van der Waals surface area contributed by atoms with Gasteiger partial charge in [0.05, 0.1) is 25.2 Å². The molecule has 1 aliphatic heterocycles. The van der Waals surface area contributed by atoms with Gasteiger partial charge in [-0.05, 0) is 42.8 Å². The summed E-state index contributed by atoms with van der Waals surface area (Å²) in [6.45, 7) is -0.770. The van der Waals surface area contributed by atoms with E-state index < -0.39 is 31.0 Å². The van der Waals surface area contributed by atoms with Crippen LogP contribution in [-0.4, -0.2) is 49.9 Å². The van der Waals surface area contributed by atoms with Crippen LogP contribution in [0.5, 0.6) is 5.75 Å². The Morgan fingerprint density at radius 3 is 2.59 bits per heavy atom. The number of phenolic OH excluding ortho intramolecular Hbond substituents is 1. The number of alkyl halides is 3. The highest BCUT2D eigenvalue weighted by Crippen LogP contribution is 2.28. The Hall–Kier alpha value is -3.86. The van der Waals surface area contributed by atoms with Gasteiger partial charge < -0.3 is 15.0 Å². The van der Waals surface area contributed by atoms with Gasteiger partial charge in [0.25, 0.3) is 0 Å². The van der Waals surface area contributed by atoms with E-state index in [4.69, 9.17) is 17.0 Å². The number of carbonyl (C=O) groups is 2. The molecule has 0 radical (unpaired) electrons. The molecule has 194 valence electrons. The van der Waals surface area contributed by atoms with E-state index in [1.54, 1.807) is 28.8 Å². The summed E-state index contributed by atoms with van der Waals surface area (Å²) in [5.74, 6) is 0.00483. The molecule has 0 atom stereocenters. The number of fused-ring (bicyclic) bond motifs is 1. The van der Waals surface area contributed by atoms with Crippen LogP contribution in [0.2, 0.25) is 5.02 Å². The Labute approximate surface area is 215 Å². The van der Waals surface area contributed by atoms with Gasteiger partial charge >= 0.3 is 12.2 Å². The van der Waals surface area contributed by atoms with Crippen LogP contribution < -0.4 is 5.32 Å². The van der Waals surface area contributed by atoms with Gasteiger partial charge in [-0.25, -0.2) is 9.78 Å². The highest BCUT2D eigenvalue weighted by molar-refractivity contribution is 6.30. The molecule has 0 saturated heterocycles. The highest BCUT2D eigenvalue weighted by Gasteiger charge is 2.31. The summed E-state index contributed by atoms with van der Waals surface area (Å²) in [6, 6.07) is 11.3. The van der Waals surface area contributed by atoms with Gasteiger partial charge in [-0.1, -0.05) is 23.7 Å². The second-order valence-corrected chi connectivity index (χ2v) is 8.97. The normalized spacial score (nSPS) is 13.2. The molecule has 2 heterocycles. The molecule has 0 bridgehead atoms. The van der Waals surface area contributed by atoms with E-state index in [-0.39, 0.29) is 30.2 Å². The number of hydrogen-bond donors (Lipinski definition) is 3. The van der Waals surface area contributed by atoms with Crippen molar-refractivity contribution in [3.63, 3.8) is 0 Å². The fraction of sp³-hybridized carbons (Fsp3) is 0.280. The molecule has 3 N–H and O–H groups in total. The number of ketones is 1. The predicted molar refractivity (Wildman–Crippen MR) is 131 cm³/mol. The van der Waals surface area contributed by atoms with Crippen LogP contribution in [0, 0.1) is 5.41 Å². The topological polar surface area (TPSA) is 111 Å². The first-order chi connectivity index (χ1) is 17.5. The largest absolute Gasteiger partial charge is 0.508 e. The molecule has 3 aromatic rings. The highest BCUT2D eigenvalue weighted by atomic mass is 35.5. The van der Waals surface area contributed by atoms with E-state index in [9.17, 15) is 27.9 Å². The number of hydrogen-bond acceptors (Lipinski definition) is 5. The number of urea groups is 1. The van der Waals surface area contributed by atoms with E-state index in [1.807, 2.05) is 0 Å². The number of phenols is 1. The standard InChI is InChI=1S/C25H23ClF3N5O3/c26-17-3-1-2-16(12-17)23-32-20(21-9-8-19(36)14-34(21)23)13-31-24(37)33(11-10-25(27,28)29)22(30)15-4-6-18(35)7-5-15/h1-7,12,30,35H,8-11,13-14H2,(H,31,37). The van der Waals surface area contributed by atoms with Crippen molar-refractivity contribution in [1.82, 2.24) is 19.8 Å². The van der Waals surface area contributed by atoms with Gasteiger partial charge in [-0.3, -0.25) is 15.1 Å². The van der Waals surface area contributed by atoms with Gasteiger partial charge in [-0.15, -0.1) is 0 Å². The average molecular weight is 534 g/mol. The molecule has 8 nitrogen and oxygen atoms in total. The van der Waals surface area contributed by atoms with Crippen molar-refractivity contribution in [3.05, 3.63) is 70.5 Å². The third-order valence-corrected chi connectivity index (χ3v) is 6.13. The summed E-state index contributed by atoms with van der Waals surface area (Å²) in [5, 5.41) is 20.9. The summed E-state index contributed by atoms with van der Waals surface area (Å²) < 4.78 is 40.6. The first-order valence-electron chi connectivity index (χ1n) is 11.4. The van der Waals surface area contributed by atoms with Crippen molar-refractivity contribution < 1.29 is 27.9 Å². The lowest BCUT2D eigenvalue weighted by molar-refractivity contribution is -0.135. The van der Waals surface area contributed by atoms with Crippen LogP contribution in [0.1, 0.15) is 29.8 Å². The number of aromatic nitrogens is 2. The van der Waals surface area contributed by atoms with E-state index in [0.717, 1.165) is 5.69 Å². The van der Waals surface area contributed by atoms with Crippen LogP contribution >= 0.6 is 11.6 Å². The zero-order valence-electron chi connectivity index (χ0n) is 19.5. The maximum Gasteiger partial charge on any atom is 0.390 e. The lowest BCUT2D eigenvalue weighted by Gasteiger charge is -2.24. The number of amidine groups is 1. The number of aromatic hydroxyl groups is 1. The number of Topliss-reactive ketones (excluding diaryl/α,β-unsaturated/α-hetero) is 1. The van der Waals surface area contributed by atoms with E-state index in [2.05, 4.69) is 10.3 Å². The maximum absolute atomic E-state index is 13.0. The van der Waals surface area contributed by atoms with Crippen LogP contribution in [0.25, 0.3) is 11.4 Å². The average Bonchev–Trinajstić information content (AvgIpc) is 3.20. The number of nitrogens with zero attached hydrogens (tertiary/aromatic N) is 3. The summed E-state index contributed by atoms with van der Waals surface area (Å²) in [5.41, 5.74) is 2.06. The number of nitrogens with one attached hydrogen (secondary N) is 2. The Kier molecular flexibility index (Phi) is 7.53. The fourth-order valence-electron chi connectivity index (χ4n) is 4.07. The molecule has 2 aromatic carbocycles. The van der Waals surface area contributed by atoms with Crippen molar-refractivity contribution in [2.45, 2.75) is 38.5 Å². The molecule has 12 heteroatoms. The van der Waals surface area contributed by atoms with Gasteiger partial charge in [0.1, 0.15) is 17.4 Å². The first kappa shape index (κ1) is 26.2. The number of imidazole rings is 1. The Balaban J connectivity index is 1.58. The summed E-state index contributed by atoms with van der Waals surface area (Å²) in [7, 11) is 0. The molecule has 0 saturated carbocycles. The molecule has 1 aromatic heterocycles. The molecule has 2 amide bonds. The van der Waals surface area contributed by atoms with E-state index in [1.165, 1.54) is 24.3 Å². The molecule has 4 rings (SSSR count). The van der Waals surface area contributed by atoms with Crippen molar-refractivity contribution in [2.75, 3.05) is 6.54 Å². The van der Waals surface area contributed by atoms with E-state index >= 15 is 0 Å². The van der Waals surface area contributed by atoms with Crippen molar-refractivity contribution in [2.24, 2.45) is 0 Å². The zero-order chi connectivity index (χ0) is 26.7. The van der Waals surface area contributed by atoms with Crippen LogP contribution in [0.4, 0.5) is 18.0 Å². The molecular formula is C25H23ClF3N5O3. The number of benzene rings is 2. The third kappa shape index (κ3) is 6.29. The zero-order valence-corrected chi connectivity index (χ0v) is 20.2. The lowest BCUT2D eigenvalue weighted by atomic mass is 10.1. The fourth-order valence-corrected chi connectivity index (χ4v) is 4.26. The smallest absolute Gasteiger partial charge is 0.390 e. The van der Waals surface area contributed by atoms with Gasteiger partial charge in [-0.2, -0.15) is 13.2 Å². The Morgan fingerprint density at radius 2 is 1.92 bits per heavy atom. The number of rotatable bonds is 6. The SMILES string of the molecule is N=C(c1ccc(O)cc1)N(CCC(F)(F)F)C(=O)NCc1nc(-c2cccc(Cl)c2)n2c1CCC(=O)C2. The first-order valence-corrected chi connectivity index (χ1v) is 11.8. The Morgan fingerprint density at radius 1 is 1.19 bits per heavy atom. The van der Waals surface area contributed by atoms with Crippen LogP contribution in [0.15, 0.2) is 48.5 Å². The summed E-state index contributed by atoms with van der Waals surface area (Å²) in [4.78, 5) is 30.5. The number of halogens is 4. The number of amides is 2. The summed E-state index contributed by atoms with van der Waals surface area (Å²) >= 11 is 6.12. The van der Waals surface area contributed by atoms with Crippen LogP contribution in [0.3, 0.4) is 0 Å². The minimum atomic E-state index is -4.53. The van der Waals surface area contributed by atoms with Crippen molar-refractivity contribution in [3.8, 4) is 17.1 Å². The van der Waals surface area contributed by atoms with Gasteiger partial charge in [0, 0.05) is 34.8 Å². The van der Waals surface area contributed by atoms with Gasteiger partial charge in [0.15, 0.2) is 5.78 Å². The minimum Gasteiger partial charge on any atom is -0.508 e. The minimum absolute atomic E-state index is 0.0319. The van der Waals surface area contributed by atoms with Gasteiger partial charge in [0.2, 0.25) is 0 Å². The quantitative estimate of drug-likeness (QED) is 0.309. The molecule has 0 fully saturated rings. The van der Waals surface area contributed by atoms with Crippen LogP contribution in [-0.2, 0) is 24.3 Å². The third-order valence-electron chi connectivity index (χ3n) is 5.90. The van der Waals surface area contributed by atoms with E-state index in [0.29, 0.717) is 39.8 Å². The van der Waals surface area contributed by atoms with Crippen molar-refractivity contribution >= 4 is 29.3 Å². The second-order valence-electron chi connectivity index (χ2n) is 8.53. The number of carbonyl (C=O) groups excluding carboxylic acids is 2. The second kappa shape index (κ2) is 10.6. The molecule has 1 aliphatic rings. The molecule has 37 heavy (non-hydrogen) atoms.